The van der Waals surface area contributed by atoms with E-state index < -0.39 is 10.0 Å². The molecule has 118 valence electrons. The summed E-state index contributed by atoms with van der Waals surface area (Å²) in [5.74, 6) is 0. The molecule has 0 aliphatic rings. The van der Waals surface area contributed by atoms with Crippen molar-refractivity contribution in [3.63, 3.8) is 0 Å². The van der Waals surface area contributed by atoms with Gasteiger partial charge in [0, 0.05) is 18.7 Å². The number of hydrogen-bond donors (Lipinski definition) is 2. The summed E-state index contributed by atoms with van der Waals surface area (Å²) < 4.78 is 27.2. The highest BCUT2D eigenvalue weighted by atomic mass is 32.2. The first kappa shape index (κ1) is 18.0. The molecule has 0 aliphatic carbocycles. The van der Waals surface area contributed by atoms with Crippen molar-refractivity contribution in [1.82, 2.24) is 9.62 Å². The van der Waals surface area contributed by atoms with Gasteiger partial charge in [-0.05, 0) is 37.7 Å². The van der Waals surface area contributed by atoms with Gasteiger partial charge in [-0.3, -0.25) is 0 Å². The summed E-state index contributed by atoms with van der Waals surface area (Å²) in [6.07, 6.45) is 0. The van der Waals surface area contributed by atoms with Crippen LogP contribution < -0.4 is 10.5 Å². The number of nitrogens with two attached hydrogens (primary N) is 1. The Morgan fingerprint density at radius 2 is 1.95 bits per heavy atom. The van der Waals surface area contributed by atoms with Gasteiger partial charge < -0.3 is 10.6 Å². The van der Waals surface area contributed by atoms with E-state index in [2.05, 4.69) is 23.5 Å². The molecule has 0 heterocycles. The fourth-order valence-corrected chi connectivity index (χ4v) is 3.43. The minimum Gasteiger partial charge on any atom is -0.389 e. The molecule has 0 aliphatic heterocycles. The second-order valence-corrected chi connectivity index (χ2v) is 6.94. The molecular formula is C14H23N3O2S2. The monoisotopic (exact) mass is 329 g/mol. The number of aryl methyl sites for hydroxylation is 1. The van der Waals surface area contributed by atoms with Crippen molar-refractivity contribution in [2.45, 2.75) is 25.7 Å². The minimum atomic E-state index is -3.51. The number of hydrogen-bond acceptors (Lipinski definition) is 4. The summed E-state index contributed by atoms with van der Waals surface area (Å²) in [5, 5.41) is 0. The first-order valence-corrected chi connectivity index (χ1v) is 8.83. The Hall–Kier alpha value is -1.02. The van der Waals surface area contributed by atoms with Crippen molar-refractivity contribution in [3.8, 4) is 0 Å². The molecule has 0 fully saturated rings. The van der Waals surface area contributed by atoms with Crippen LogP contribution in [-0.4, -0.2) is 44.5 Å². The Morgan fingerprint density at radius 3 is 2.43 bits per heavy atom. The van der Waals surface area contributed by atoms with E-state index in [9.17, 15) is 8.42 Å². The summed E-state index contributed by atoms with van der Waals surface area (Å²) in [5.41, 5.74) is 6.85. The summed E-state index contributed by atoms with van der Waals surface area (Å²) >= 11 is 4.89. The van der Waals surface area contributed by atoms with Gasteiger partial charge in [0.1, 0.15) is 4.99 Å². The Bertz CT molecular complexity index is 596. The topological polar surface area (TPSA) is 75.4 Å². The van der Waals surface area contributed by atoms with E-state index >= 15 is 0 Å². The number of nitrogens with one attached hydrogen (secondary N) is 1. The predicted molar refractivity (Wildman–Crippen MR) is 90.0 cm³/mol. The normalized spacial score (nSPS) is 11.8. The third-order valence-corrected chi connectivity index (χ3v) is 5.22. The Morgan fingerprint density at radius 1 is 1.33 bits per heavy atom. The number of nitrogens with zero attached hydrogens (tertiary/aromatic N) is 1. The summed E-state index contributed by atoms with van der Waals surface area (Å²) in [4.78, 5) is 2.68. The molecule has 0 amide bonds. The van der Waals surface area contributed by atoms with Crippen molar-refractivity contribution < 1.29 is 8.42 Å². The molecule has 0 spiro atoms. The third kappa shape index (κ3) is 5.03. The standard InChI is InChI=1S/C14H23N3O2S2/c1-4-17(5-2)9-8-16-21(18,19)13-7-6-12(14(15)20)10-11(13)3/h6-7,10,16H,4-5,8-9H2,1-3H3,(H2,15,20). The van der Waals surface area contributed by atoms with E-state index in [1.54, 1.807) is 25.1 Å². The van der Waals surface area contributed by atoms with E-state index in [1.807, 2.05) is 0 Å². The molecule has 3 N–H and O–H groups in total. The lowest BCUT2D eigenvalue weighted by Gasteiger charge is -2.18. The predicted octanol–water partition coefficient (Wildman–Crippen LogP) is 1.25. The summed E-state index contributed by atoms with van der Waals surface area (Å²) in [7, 11) is -3.51. The van der Waals surface area contributed by atoms with Gasteiger partial charge in [0.25, 0.3) is 0 Å². The van der Waals surface area contributed by atoms with Crippen LogP contribution in [0.5, 0.6) is 0 Å². The van der Waals surface area contributed by atoms with E-state index in [0.29, 0.717) is 24.2 Å². The summed E-state index contributed by atoms with van der Waals surface area (Å²) in [6, 6.07) is 4.87. The molecular weight excluding hydrogens is 306 g/mol. The van der Waals surface area contributed by atoms with Crippen molar-refractivity contribution in [1.29, 1.82) is 0 Å². The van der Waals surface area contributed by atoms with Crippen LogP contribution in [0.4, 0.5) is 0 Å². The number of rotatable bonds is 8. The molecule has 0 bridgehead atoms. The van der Waals surface area contributed by atoms with Crippen LogP contribution in [0, 0.1) is 6.92 Å². The molecule has 0 aromatic heterocycles. The molecule has 0 radical (unpaired) electrons. The van der Waals surface area contributed by atoms with Crippen LogP contribution in [0.3, 0.4) is 0 Å². The average Bonchev–Trinajstić information content (AvgIpc) is 2.43. The molecule has 0 saturated heterocycles. The molecule has 5 nitrogen and oxygen atoms in total. The Kier molecular flexibility index (Phi) is 6.73. The maximum Gasteiger partial charge on any atom is 0.240 e. The van der Waals surface area contributed by atoms with Gasteiger partial charge >= 0.3 is 0 Å². The number of sulfonamides is 1. The van der Waals surface area contributed by atoms with Crippen LogP contribution >= 0.6 is 12.2 Å². The van der Waals surface area contributed by atoms with Crippen molar-refractivity contribution >= 4 is 27.2 Å². The maximum atomic E-state index is 12.3. The molecule has 0 unspecified atom stereocenters. The second kappa shape index (κ2) is 7.84. The fraction of sp³-hybridized carbons (Fsp3) is 0.500. The zero-order valence-corrected chi connectivity index (χ0v) is 14.4. The van der Waals surface area contributed by atoms with Crippen LogP contribution in [-0.2, 0) is 10.0 Å². The molecule has 1 rings (SSSR count). The van der Waals surface area contributed by atoms with Crippen molar-refractivity contribution in [3.05, 3.63) is 29.3 Å². The van der Waals surface area contributed by atoms with Crippen LogP contribution in [0.15, 0.2) is 23.1 Å². The number of benzene rings is 1. The molecule has 0 atom stereocenters. The van der Waals surface area contributed by atoms with Gasteiger partial charge in [-0.2, -0.15) is 0 Å². The quantitative estimate of drug-likeness (QED) is 0.702. The van der Waals surface area contributed by atoms with Gasteiger partial charge in [-0.25, -0.2) is 13.1 Å². The molecule has 1 aromatic rings. The zero-order valence-electron chi connectivity index (χ0n) is 12.7. The molecule has 7 heteroatoms. The lowest BCUT2D eigenvalue weighted by Crippen LogP contribution is -2.35. The largest absolute Gasteiger partial charge is 0.389 e. The van der Waals surface area contributed by atoms with Crippen molar-refractivity contribution in [2.24, 2.45) is 5.73 Å². The molecule has 21 heavy (non-hydrogen) atoms. The van der Waals surface area contributed by atoms with Gasteiger partial charge in [0.15, 0.2) is 0 Å². The number of likely N-dealkylation sites (N-methyl/N-ethyl adjacent to an activating group) is 1. The SMILES string of the molecule is CCN(CC)CCNS(=O)(=O)c1ccc(C(N)=S)cc1C. The first-order valence-electron chi connectivity index (χ1n) is 6.94. The van der Waals surface area contributed by atoms with Gasteiger partial charge in [-0.15, -0.1) is 0 Å². The minimum absolute atomic E-state index is 0.261. The Labute approximate surface area is 132 Å². The zero-order chi connectivity index (χ0) is 16.0. The highest BCUT2D eigenvalue weighted by Crippen LogP contribution is 2.16. The second-order valence-electron chi connectivity index (χ2n) is 4.77. The van der Waals surface area contributed by atoms with E-state index in [-0.39, 0.29) is 9.88 Å². The van der Waals surface area contributed by atoms with E-state index in [0.717, 1.165) is 13.1 Å². The molecule has 0 saturated carbocycles. The maximum absolute atomic E-state index is 12.3. The fourth-order valence-electron chi connectivity index (χ4n) is 2.06. The Balaban J connectivity index is 2.81. The highest BCUT2D eigenvalue weighted by Gasteiger charge is 2.17. The first-order chi connectivity index (χ1) is 9.81. The highest BCUT2D eigenvalue weighted by molar-refractivity contribution is 7.89. The molecule has 1 aromatic carbocycles. The third-order valence-electron chi connectivity index (χ3n) is 3.36. The summed E-state index contributed by atoms with van der Waals surface area (Å²) in [6.45, 7) is 8.73. The lowest BCUT2D eigenvalue weighted by atomic mass is 10.1. The van der Waals surface area contributed by atoms with Gasteiger partial charge in [-0.1, -0.05) is 32.1 Å². The lowest BCUT2D eigenvalue weighted by molar-refractivity contribution is 0.309. The van der Waals surface area contributed by atoms with Crippen molar-refractivity contribution in [2.75, 3.05) is 26.2 Å². The van der Waals surface area contributed by atoms with E-state index in [4.69, 9.17) is 18.0 Å². The number of thiocarbonyl (C=S) groups is 1. The van der Waals surface area contributed by atoms with Crippen LogP contribution in [0.1, 0.15) is 25.0 Å². The smallest absolute Gasteiger partial charge is 0.240 e. The van der Waals surface area contributed by atoms with Gasteiger partial charge in [0.05, 0.1) is 4.90 Å². The van der Waals surface area contributed by atoms with Crippen LogP contribution in [0.25, 0.3) is 0 Å². The van der Waals surface area contributed by atoms with Gasteiger partial charge in [0.2, 0.25) is 10.0 Å². The average molecular weight is 329 g/mol. The van der Waals surface area contributed by atoms with E-state index in [1.165, 1.54) is 0 Å². The van der Waals surface area contributed by atoms with Crippen LogP contribution in [0.2, 0.25) is 0 Å².